The van der Waals surface area contributed by atoms with Gasteiger partial charge < -0.3 is 10.6 Å². The van der Waals surface area contributed by atoms with Gasteiger partial charge in [-0.05, 0) is 37.5 Å². The van der Waals surface area contributed by atoms with Gasteiger partial charge in [0.1, 0.15) is 0 Å². The lowest BCUT2D eigenvalue weighted by atomic mass is 9.76. The molecule has 3 heteroatoms. The van der Waals surface area contributed by atoms with Crippen LogP contribution in [0.3, 0.4) is 0 Å². The molecular formula is C15H28N2O. The Morgan fingerprint density at radius 1 is 1.33 bits per heavy atom. The van der Waals surface area contributed by atoms with E-state index in [0.717, 1.165) is 51.1 Å². The summed E-state index contributed by atoms with van der Waals surface area (Å²) >= 11 is 0. The number of rotatable bonds is 2. The van der Waals surface area contributed by atoms with E-state index in [2.05, 4.69) is 13.8 Å². The van der Waals surface area contributed by atoms with E-state index in [1.165, 1.54) is 12.8 Å². The maximum atomic E-state index is 12.6. The number of hydrogen-bond donors (Lipinski definition) is 1. The Bertz CT molecular complexity index is 297. The molecule has 2 fully saturated rings. The zero-order valence-electron chi connectivity index (χ0n) is 12.0. The number of piperidine rings is 1. The van der Waals surface area contributed by atoms with Crippen LogP contribution in [0.1, 0.15) is 58.8 Å². The number of carbonyl (C=O) groups excluding carboxylic acids is 1. The minimum atomic E-state index is -0.559. The first kappa shape index (κ1) is 13.9. The second-order valence-corrected chi connectivity index (χ2v) is 6.50. The van der Waals surface area contributed by atoms with Gasteiger partial charge in [-0.2, -0.15) is 0 Å². The van der Waals surface area contributed by atoms with E-state index < -0.39 is 5.54 Å². The number of carbonyl (C=O) groups is 1. The van der Waals surface area contributed by atoms with Gasteiger partial charge in [-0.1, -0.05) is 33.1 Å². The standard InChI is InChI=1S/C15H28N2O/c1-3-13-6-9-17(10-7-13)14(18)15(16)8-4-5-12(2)11-15/h12-13H,3-11,16H2,1-2H3. The van der Waals surface area contributed by atoms with Gasteiger partial charge in [0.25, 0.3) is 0 Å². The first-order chi connectivity index (χ1) is 8.55. The molecule has 18 heavy (non-hydrogen) atoms. The Hall–Kier alpha value is -0.570. The van der Waals surface area contributed by atoms with Crippen molar-refractivity contribution in [3.63, 3.8) is 0 Å². The first-order valence-corrected chi connectivity index (χ1v) is 7.63. The molecule has 1 aliphatic heterocycles. The fourth-order valence-corrected chi connectivity index (χ4v) is 3.65. The Morgan fingerprint density at radius 3 is 2.56 bits per heavy atom. The largest absolute Gasteiger partial charge is 0.341 e. The Kier molecular flexibility index (Phi) is 4.31. The van der Waals surface area contributed by atoms with Crippen LogP contribution in [0, 0.1) is 11.8 Å². The van der Waals surface area contributed by atoms with Crippen LogP contribution in [0.2, 0.25) is 0 Å². The van der Waals surface area contributed by atoms with E-state index in [1.54, 1.807) is 0 Å². The van der Waals surface area contributed by atoms with Gasteiger partial charge in [-0.25, -0.2) is 0 Å². The highest BCUT2D eigenvalue weighted by atomic mass is 16.2. The maximum absolute atomic E-state index is 12.6. The summed E-state index contributed by atoms with van der Waals surface area (Å²) in [5.74, 6) is 1.64. The second-order valence-electron chi connectivity index (χ2n) is 6.50. The van der Waals surface area contributed by atoms with Gasteiger partial charge >= 0.3 is 0 Å². The Labute approximate surface area is 111 Å². The van der Waals surface area contributed by atoms with Crippen molar-refractivity contribution in [2.75, 3.05) is 13.1 Å². The van der Waals surface area contributed by atoms with Crippen molar-refractivity contribution in [2.45, 2.75) is 64.3 Å². The van der Waals surface area contributed by atoms with E-state index in [1.807, 2.05) is 4.90 Å². The summed E-state index contributed by atoms with van der Waals surface area (Å²) in [5, 5.41) is 0. The third-order valence-corrected chi connectivity index (χ3v) is 4.94. The van der Waals surface area contributed by atoms with Crippen molar-refractivity contribution in [3.8, 4) is 0 Å². The van der Waals surface area contributed by atoms with Crippen molar-refractivity contribution < 1.29 is 4.79 Å². The van der Waals surface area contributed by atoms with Crippen LogP contribution in [0.25, 0.3) is 0 Å². The average molecular weight is 252 g/mol. The van der Waals surface area contributed by atoms with Gasteiger partial charge in [-0.3, -0.25) is 4.79 Å². The zero-order valence-corrected chi connectivity index (χ0v) is 12.0. The molecule has 0 radical (unpaired) electrons. The highest BCUT2D eigenvalue weighted by Gasteiger charge is 2.41. The quantitative estimate of drug-likeness (QED) is 0.821. The fraction of sp³-hybridized carbons (Fsp3) is 0.933. The normalized spacial score (nSPS) is 34.6. The lowest BCUT2D eigenvalue weighted by molar-refractivity contribution is -0.140. The molecule has 0 aromatic carbocycles. The molecule has 0 spiro atoms. The zero-order chi connectivity index (χ0) is 13.2. The Morgan fingerprint density at radius 2 is 2.00 bits per heavy atom. The molecule has 1 amide bonds. The number of nitrogens with two attached hydrogens (primary N) is 1. The molecule has 1 aliphatic carbocycles. The smallest absolute Gasteiger partial charge is 0.242 e. The minimum absolute atomic E-state index is 0.226. The first-order valence-electron chi connectivity index (χ1n) is 7.63. The van der Waals surface area contributed by atoms with Crippen LogP contribution < -0.4 is 5.73 Å². The number of nitrogens with zero attached hydrogens (tertiary/aromatic N) is 1. The van der Waals surface area contributed by atoms with E-state index in [9.17, 15) is 4.79 Å². The monoisotopic (exact) mass is 252 g/mol. The second kappa shape index (κ2) is 5.60. The summed E-state index contributed by atoms with van der Waals surface area (Å²) in [4.78, 5) is 14.6. The summed E-state index contributed by atoms with van der Waals surface area (Å²) in [6, 6.07) is 0. The van der Waals surface area contributed by atoms with Gasteiger partial charge in [0.15, 0.2) is 0 Å². The van der Waals surface area contributed by atoms with Crippen LogP contribution >= 0.6 is 0 Å². The molecular weight excluding hydrogens is 224 g/mol. The lowest BCUT2D eigenvalue weighted by Gasteiger charge is -2.41. The summed E-state index contributed by atoms with van der Waals surface area (Å²) in [5.41, 5.74) is 5.84. The minimum Gasteiger partial charge on any atom is -0.341 e. The van der Waals surface area contributed by atoms with E-state index in [-0.39, 0.29) is 5.91 Å². The van der Waals surface area contributed by atoms with Crippen LogP contribution in [0.5, 0.6) is 0 Å². The average Bonchev–Trinajstić information content (AvgIpc) is 2.38. The highest BCUT2D eigenvalue weighted by Crippen LogP contribution is 2.33. The van der Waals surface area contributed by atoms with E-state index >= 15 is 0 Å². The number of hydrogen-bond acceptors (Lipinski definition) is 2. The van der Waals surface area contributed by atoms with Crippen molar-refractivity contribution in [1.82, 2.24) is 4.90 Å². The van der Waals surface area contributed by atoms with Gasteiger partial charge in [0.2, 0.25) is 5.91 Å². The molecule has 1 heterocycles. The number of amides is 1. The van der Waals surface area contributed by atoms with Crippen LogP contribution in [-0.2, 0) is 4.79 Å². The van der Waals surface area contributed by atoms with Crippen molar-refractivity contribution in [1.29, 1.82) is 0 Å². The summed E-state index contributed by atoms with van der Waals surface area (Å²) in [6.45, 7) is 6.31. The summed E-state index contributed by atoms with van der Waals surface area (Å²) in [7, 11) is 0. The SMILES string of the molecule is CCC1CCN(C(=O)C2(N)CCCC(C)C2)CC1. The third kappa shape index (κ3) is 2.87. The fourth-order valence-electron chi connectivity index (χ4n) is 3.65. The lowest BCUT2D eigenvalue weighted by Crippen LogP contribution is -2.58. The van der Waals surface area contributed by atoms with Crippen LogP contribution in [0.15, 0.2) is 0 Å². The summed E-state index contributed by atoms with van der Waals surface area (Å²) in [6.07, 6.45) is 7.65. The van der Waals surface area contributed by atoms with Crippen LogP contribution in [0.4, 0.5) is 0 Å². The molecule has 2 unspecified atom stereocenters. The molecule has 2 aliphatic rings. The molecule has 2 N–H and O–H groups in total. The predicted molar refractivity (Wildman–Crippen MR) is 74.1 cm³/mol. The molecule has 1 saturated carbocycles. The van der Waals surface area contributed by atoms with Crippen molar-refractivity contribution in [2.24, 2.45) is 17.6 Å². The predicted octanol–water partition coefficient (Wildman–Crippen LogP) is 2.54. The maximum Gasteiger partial charge on any atom is 0.242 e. The third-order valence-electron chi connectivity index (χ3n) is 4.94. The highest BCUT2D eigenvalue weighted by molar-refractivity contribution is 5.86. The Balaban J connectivity index is 1.94. The molecule has 2 atom stereocenters. The van der Waals surface area contributed by atoms with Crippen molar-refractivity contribution in [3.05, 3.63) is 0 Å². The molecule has 104 valence electrons. The molecule has 0 aromatic rings. The molecule has 1 saturated heterocycles. The molecule has 2 rings (SSSR count). The van der Waals surface area contributed by atoms with Crippen molar-refractivity contribution >= 4 is 5.91 Å². The topological polar surface area (TPSA) is 46.3 Å². The van der Waals surface area contributed by atoms with E-state index in [0.29, 0.717) is 5.92 Å². The molecule has 3 nitrogen and oxygen atoms in total. The number of likely N-dealkylation sites (tertiary alicyclic amines) is 1. The van der Waals surface area contributed by atoms with Gasteiger partial charge in [0.05, 0.1) is 5.54 Å². The summed E-state index contributed by atoms with van der Waals surface area (Å²) < 4.78 is 0. The van der Waals surface area contributed by atoms with Gasteiger partial charge in [-0.15, -0.1) is 0 Å². The van der Waals surface area contributed by atoms with Crippen LogP contribution in [-0.4, -0.2) is 29.4 Å². The molecule has 0 aromatic heterocycles. The van der Waals surface area contributed by atoms with E-state index in [4.69, 9.17) is 5.73 Å². The van der Waals surface area contributed by atoms with Gasteiger partial charge in [0, 0.05) is 13.1 Å². The molecule has 0 bridgehead atoms.